The normalized spacial score (nSPS) is 8.40. The molecule has 58 valence electrons. The maximum atomic E-state index is 10.8. The number of carbonyl (C=O) groups excluding carboxylic acids is 1. The fourth-order valence-corrected chi connectivity index (χ4v) is 0.584. The molecular weight excluding hydrogens is 132 g/mol. The zero-order chi connectivity index (χ0) is 8.15. The fourth-order valence-electron chi connectivity index (χ4n) is 0.584. The summed E-state index contributed by atoms with van der Waals surface area (Å²) < 4.78 is 9.21. The van der Waals surface area contributed by atoms with Gasteiger partial charge in [0.15, 0.2) is 0 Å². The van der Waals surface area contributed by atoms with Crippen LogP contribution >= 0.6 is 0 Å². The van der Waals surface area contributed by atoms with E-state index in [1.807, 2.05) is 0 Å². The first-order chi connectivity index (χ1) is 4.63. The first-order valence-electron chi connectivity index (χ1n) is 2.93. The van der Waals surface area contributed by atoms with Gasteiger partial charge in [0.25, 0.3) is 0 Å². The van der Waals surface area contributed by atoms with Gasteiger partial charge >= 0.3 is 5.97 Å². The van der Waals surface area contributed by atoms with Crippen molar-refractivity contribution in [1.29, 1.82) is 0 Å². The van der Waals surface area contributed by atoms with Crippen molar-refractivity contribution < 1.29 is 14.3 Å². The highest BCUT2D eigenvalue weighted by atomic mass is 16.6. The number of hydrogen-bond acceptors (Lipinski definition) is 3. The Bertz CT molecular complexity index is 154. The summed E-state index contributed by atoms with van der Waals surface area (Å²) >= 11 is 0. The molecule has 0 atom stereocenters. The van der Waals surface area contributed by atoms with Crippen LogP contribution in [0.4, 0.5) is 0 Å². The number of hydrogen-bond donors (Lipinski definition) is 0. The van der Waals surface area contributed by atoms with Gasteiger partial charge in [0, 0.05) is 0 Å². The second kappa shape index (κ2) is 3.93. The highest BCUT2D eigenvalue weighted by molar-refractivity contribution is 5.86. The third-order valence-electron chi connectivity index (χ3n) is 1.03. The monoisotopic (exact) mass is 144 g/mol. The molecule has 10 heavy (non-hydrogen) atoms. The number of allylic oxidation sites excluding steroid dienone is 1. The van der Waals surface area contributed by atoms with Crippen LogP contribution in [-0.4, -0.2) is 20.2 Å². The quantitative estimate of drug-likeness (QED) is 0.331. The number of rotatable bonds is 2. The molecule has 0 amide bonds. The molecule has 0 heterocycles. The van der Waals surface area contributed by atoms with Crippen LogP contribution in [0.1, 0.15) is 13.8 Å². The van der Waals surface area contributed by atoms with Crippen molar-refractivity contribution in [1.82, 2.24) is 0 Å². The molecule has 0 aliphatic heterocycles. The molecule has 3 heteroatoms. The zero-order valence-corrected chi connectivity index (χ0v) is 6.72. The van der Waals surface area contributed by atoms with Gasteiger partial charge in [-0.25, -0.2) is 4.79 Å². The molecular formula is C7H12O3. The van der Waals surface area contributed by atoms with Crippen LogP contribution < -0.4 is 0 Å². The van der Waals surface area contributed by atoms with Gasteiger partial charge in [-0.15, -0.1) is 0 Å². The van der Waals surface area contributed by atoms with E-state index in [0.717, 1.165) is 5.57 Å². The van der Waals surface area contributed by atoms with Crippen molar-refractivity contribution in [2.45, 2.75) is 13.8 Å². The number of ether oxygens (including phenoxy) is 2. The summed E-state index contributed by atoms with van der Waals surface area (Å²) in [5.41, 5.74) is 0.814. The van der Waals surface area contributed by atoms with Crippen molar-refractivity contribution in [2.24, 2.45) is 0 Å². The first kappa shape index (κ1) is 9.01. The number of carbonyl (C=O) groups is 1. The van der Waals surface area contributed by atoms with E-state index in [-0.39, 0.29) is 5.76 Å². The van der Waals surface area contributed by atoms with E-state index in [9.17, 15) is 4.79 Å². The van der Waals surface area contributed by atoms with Gasteiger partial charge in [-0.1, -0.05) is 0 Å². The molecule has 3 nitrogen and oxygen atoms in total. The van der Waals surface area contributed by atoms with Crippen LogP contribution in [0.5, 0.6) is 0 Å². The molecule has 0 aromatic carbocycles. The topological polar surface area (TPSA) is 35.5 Å². The van der Waals surface area contributed by atoms with E-state index in [4.69, 9.17) is 4.74 Å². The smallest absolute Gasteiger partial charge is 0.373 e. The Morgan fingerprint density at radius 1 is 1.10 bits per heavy atom. The summed E-state index contributed by atoms with van der Waals surface area (Å²) in [6.45, 7) is 3.57. The average molecular weight is 144 g/mol. The van der Waals surface area contributed by atoms with E-state index in [1.54, 1.807) is 13.8 Å². The number of methoxy groups -OCH3 is 2. The molecule has 0 saturated heterocycles. The fraction of sp³-hybridized carbons (Fsp3) is 0.571. The van der Waals surface area contributed by atoms with Crippen LogP contribution in [-0.2, 0) is 14.3 Å². The Kier molecular flexibility index (Phi) is 3.54. The summed E-state index contributed by atoms with van der Waals surface area (Å²) in [5, 5.41) is 0. The SMILES string of the molecule is COC(=O)C(OC)=C(C)C. The Morgan fingerprint density at radius 2 is 1.60 bits per heavy atom. The second-order valence-corrected chi connectivity index (χ2v) is 2.02. The third-order valence-corrected chi connectivity index (χ3v) is 1.03. The molecule has 0 aliphatic rings. The van der Waals surface area contributed by atoms with E-state index >= 15 is 0 Å². The Morgan fingerprint density at radius 3 is 1.70 bits per heavy atom. The Labute approximate surface area is 60.6 Å². The van der Waals surface area contributed by atoms with Gasteiger partial charge in [0.05, 0.1) is 14.2 Å². The van der Waals surface area contributed by atoms with Gasteiger partial charge in [0.1, 0.15) is 0 Å². The van der Waals surface area contributed by atoms with Crippen LogP contribution in [0.2, 0.25) is 0 Å². The summed E-state index contributed by atoms with van der Waals surface area (Å²) in [6.07, 6.45) is 0. The molecule has 0 bridgehead atoms. The minimum atomic E-state index is -0.428. The lowest BCUT2D eigenvalue weighted by Gasteiger charge is -2.04. The molecule has 0 unspecified atom stereocenters. The van der Waals surface area contributed by atoms with Crippen LogP contribution in [0, 0.1) is 0 Å². The van der Waals surface area contributed by atoms with Crippen molar-refractivity contribution in [2.75, 3.05) is 14.2 Å². The molecule has 0 aliphatic carbocycles. The predicted octanol–water partition coefficient (Wildman–Crippen LogP) is 1.10. The van der Waals surface area contributed by atoms with Gasteiger partial charge in [-0.2, -0.15) is 0 Å². The summed E-state index contributed by atoms with van der Waals surface area (Å²) in [5.74, 6) is -0.148. The first-order valence-corrected chi connectivity index (χ1v) is 2.93. The molecule has 0 N–H and O–H groups in total. The minimum absolute atomic E-state index is 0.280. The Balaban J connectivity index is 4.37. The molecule has 0 aromatic heterocycles. The molecule has 0 spiro atoms. The molecule has 0 radical (unpaired) electrons. The Hall–Kier alpha value is -0.990. The zero-order valence-electron chi connectivity index (χ0n) is 6.72. The van der Waals surface area contributed by atoms with Gasteiger partial charge < -0.3 is 9.47 Å². The van der Waals surface area contributed by atoms with Crippen molar-refractivity contribution >= 4 is 5.97 Å². The lowest BCUT2D eigenvalue weighted by molar-refractivity contribution is -0.139. The largest absolute Gasteiger partial charge is 0.490 e. The molecule has 0 saturated carbocycles. The number of esters is 1. The summed E-state index contributed by atoms with van der Waals surface area (Å²) in [4.78, 5) is 10.8. The second-order valence-electron chi connectivity index (χ2n) is 2.02. The van der Waals surface area contributed by atoms with Crippen LogP contribution in [0.15, 0.2) is 11.3 Å². The predicted molar refractivity (Wildman–Crippen MR) is 37.4 cm³/mol. The van der Waals surface area contributed by atoms with E-state index in [2.05, 4.69) is 4.74 Å². The van der Waals surface area contributed by atoms with Gasteiger partial charge in [-0.3, -0.25) is 0 Å². The summed E-state index contributed by atoms with van der Waals surface area (Å²) in [6, 6.07) is 0. The maximum Gasteiger partial charge on any atom is 0.373 e. The van der Waals surface area contributed by atoms with Crippen molar-refractivity contribution in [3.05, 3.63) is 11.3 Å². The van der Waals surface area contributed by atoms with Crippen molar-refractivity contribution in [3.63, 3.8) is 0 Å². The van der Waals surface area contributed by atoms with Gasteiger partial charge in [0.2, 0.25) is 5.76 Å². The van der Waals surface area contributed by atoms with Crippen LogP contribution in [0.3, 0.4) is 0 Å². The minimum Gasteiger partial charge on any atom is -0.490 e. The molecule has 0 fully saturated rings. The van der Waals surface area contributed by atoms with E-state index < -0.39 is 5.97 Å². The van der Waals surface area contributed by atoms with Gasteiger partial charge in [-0.05, 0) is 19.4 Å². The highest BCUT2D eigenvalue weighted by Crippen LogP contribution is 2.04. The molecule has 0 rings (SSSR count). The lowest BCUT2D eigenvalue weighted by Crippen LogP contribution is -2.07. The van der Waals surface area contributed by atoms with Crippen molar-refractivity contribution in [3.8, 4) is 0 Å². The van der Waals surface area contributed by atoms with E-state index in [1.165, 1.54) is 14.2 Å². The average Bonchev–Trinajstić information content (AvgIpc) is 1.88. The summed E-state index contributed by atoms with van der Waals surface area (Å²) in [7, 11) is 2.77. The highest BCUT2D eigenvalue weighted by Gasteiger charge is 2.09. The standard InChI is InChI=1S/C7H12O3/c1-5(2)6(9-3)7(8)10-4/h1-4H3. The molecule has 0 aromatic rings. The van der Waals surface area contributed by atoms with Crippen LogP contribution in [0.25, 0.3) is 0 Å². The lowest BCUT2D eigenvalue weighted by atomic mass is 10.3. The maximum absolute atomic E-state index is 10.8. The van der Waals surface area contributed by atoms with E-state index in [0.29, 0.717) is 0 Å². The third kappa shape index (κ3) is 2.09.